The molecule has 10 fully saturated rings. The number of aliphatic carboxylic acids is 1. The second-order valence-electron chi connectivity index (χ2n) is 31.4. The van der Waals surface area contributed by atoms with Crippen molar-refractivity contribution in [2.24, 2.45) is 29.4 Å². The molecule has 0 saturated carbocycles. The highest BCUT2D eigenvalue weighted by atomic mass is 16.8. The van der Waals surface area contributed by atoms with E-state index in [-0.39, 0.29) is 0 Å². The van der Waals surface area contributed by atoms with Crippen molar-refractivity contribution in [3.05, 3.63) is 0 Å². The Balaban J connectivity index is 0.897. The zero-order valence-corrected chi connectivity index (χ0v) is 63.8. The average molecular weight is 1700 g/mol. The zero-order chi connectivity index (χ0) is 85.5. The SMILES string of the molecule is CC1C(O)[C@H](O)[C@H](CO)O[C@H]1O[C@@H]1C(O)[C@H](O)C(CO)O[C@@H]1OCC1O[C@@H](O[C@@H]2C(CO)O[C@@H](O[C@@H]3C(CO[C@@H]4O[C@@H](C)[C@@H](O)C(O)C4O)O[C@@H](C)[C@@H](C)C3O)[C@@H](C)C2O)[C@H](O)C(O[C@H]2O[C@H](CO)[C@@H](O)C(O)C2O[C@@H]2OC(CO)[C@@H](O[C@@H]3OC(CO[C@]4(C(=O)O)C[C@@H](O)[C@@H](N)C([C@H](O)[C@H](O)CO)O4)[C@H](O)C(O)[C@@H]3O)C(O)[C@@H]2C)[C@@H]1O. The quantitative estimate of drug-likeness (QED) is 0.0318. The highest BCUT2D eigenvalue weighted by Crippen LogP contribution is 2.43. The fourth-order valence-corrected chi connectivity index (χ4v) is 15.7. The minimum Gasteiger partial charge on any atom is -0.477 e. The molecule has 116 heavy (non-hydrogen) atoms. The van der Waals surface area contributed by atoms with Gasteiger partial charge in [-0.15, -0.1) is 0 Å². The van der Waals surface area contributed by atoms with Crippen LogP contribution in [0.15, 0.2) is 0 Å². The molecule has 10 aliphatic rings. The lowest BCUT2D eigenvalue weighted by atomic mass is 9.88. The highest BCUT2D eigenvalue weighted by Gasteiger charge is 2.61. The van der Waals surface area contributed by atoms with Crippen molar-refractivity contribution in [2.45, 2.75) is 336 Å². The molecule has 676 valence electrons. The van der Waals surface area contributed by atoms with E-state index in [2.05, 4.69) is 0 Å². The molecule has 48 nitrogen and oxygen atoms in total. The van der Waals surface area contributed by atoms with E-state index < -0.39 is 384 Å². The second-order valence-corrected chi connectivity index (χ2v) is 31.4. The molecule has 0 radical (unpaired) electrons. The Labute approximate surface area is 661 Å². The van der Waals surface area contributed by atoms with Crippen LogP contribution in [0, 0.1) is 23.7 Å². The number of hydrogen-bond acceptors (Lipinski definition) is 47. The predicted octanol–water partition coefficient (Wildman–Crippen LogP) is -16.4. The summed E-state index contributed by atoms with van der Waals surface area (Å²) in [6, 6.07) is -1.57. The number of carboxylic acids is 1. The molecule has 0 bridgehead atoms. The number of hydrogen-bond donors (Lipinski definition) is 28. The summed E-state index contributed by atoms with van der Waals surface area (Å²) >= 11 is 0. The van der Waals surface area contributed by atoms with Gasteiger partial charge < -0.3 is 234 Å². The van der Waals surface area contributed by atoms with Gasteiger partial charge in [-0.3, -0.25) is 0 Å². The zero-order valence-electron chi connectivity index (χ0n) is 63.8. The Morgan fingerprint density at radius 2 is 0.733 bits per heavy atom. The monoisotopic (exact) mass is 1700 g/mol. The molecule has 10 aliphatic heterocycles. The van der Waals surface area contributed by atoms with Crippen LogP contribution in [0.2, 0.25) is 0 Å². The third-order valence-corrected chi connectivity index (χ3v) is 23.6. The average Bonchev–Trinajstić information content (AvgIpc) is 0.770. The van der Waals surface area contributed by atoms with E-state index in [4.69, 9.17) is 95.7 Å². The lowest BCUT2D eigenvalue weighted by molar-refractivity contribution is -0.402. The summed E-state index contributed by atoms with van der Waals surface area (Å²) in [5.41, 5.74) is 5.96. The third kappa shape index (κ3) is 20.0. The first-order valence-corrected chi connectivity index (χ1v) is 38.4. The molecule has 10 heterocycles. The summed E-state index contributed by atoms with van der Waals surface area (Å²) < 4.78 is 114. The first-order valence-electron chi connectivity index (χ1n) is 38.4. The van der Waals surface area contributed by atoms with Crippen LogP contribution >= 0.6 is 0 Å². The van der Waals surface area contributed by atoms with Crippen molar-refractivity contribution in [2.75, 3.05) is 59.5 Å². The number of carboxylic acid groups (broad SMARTS) is 1. The normalized spacial score (nSPS) is 52.5. The van der Waals surface area contributed by atoms with Gasteiger partial charge in [-0.25, -0.2) is 4.79 Å². The Bertz CT molecular complexity index is 3010. The molecular formula is C68H117NO47. The van der Waals surface area contributed by atoms with E-state index in [1.165, 1.54) is 27.7 Å². The lowest BCUT2D eigenvalue weighted by Gasteiger charge is -2.51. The number of aliphatic hydroxyl groups excluding tert-OH is 26. The van der Waals surface area contributed by atoms with Gasteiger partial charge in [0.15, 0.2) is 50.3 Å². The summed E-state index contributed by atoms with van der Waals surface area (Å²) in [6.07, 6.45) is -83.6. The van der Waals surface area contributed by atoms with Crippen molar-refractivity contribution in [3.8, 4) is 0 Å². The van der Waals surface area contributed by atoms with Crippen molar-refractivity contribution in [1.29, 1.82) is 0 Å². The van der Waals surface area contributed by atoms with Gasteiger partial charge in [0, 0.05) is 30.1 Å². The number of rotatable bonds is 30. The van der Waals surface area contributed by atoms with Gasteiger partial charge in [0.05, 0.1) is 108 Å². The second kappa shape index (κ2) is 40.7. The maximum atomic E-state index is 12.8. The van der Waals surface area contributed by atoms with Gasteiger partial charge in [0.25, 0.3) is 5.79 Å². The van der Waals surface area contributed by atoms with Gasteiger partial charge in [-0.05, 0) is 13.8 Å². The van der Waals surface area contributed by atoms with Gasteiger partial charge in [-0.1, -0.05) is 27.7 Å². The summed E-state index contributed by atoms with van der Waals surface area (Å²) in [5, 5.41) is 298. The molecule has 51 atom stereocenters. The largest absolute Gasteiger partial charge is 0.477 e. The Morgan fingerprint density at radius 3 is 1.25 bits per heavy atom. The van der Waals surface area contributed by atoms with Crippen molar-refractivity contribution in [3.63, 3.8) is 0 Å². The Morgan fingerprint density at radius 1 is 0.353 bits per heavy atom. The molecular weight excluding hydrogens is 1580 g/mol. The van der Waals surface area contributed by atoms with Crippen LogP contribution in [0.25, 0.3) is 0 Å². The van der Waals surface area contributed by atoms with E-state index in [1.807, 2.05) is 0 Å². The Hall–Kier alpha value is -2.37. The van der Waals surface area contributed by atoms with Crippen LogP contribution in [0.1, 0.15) is 48.0 Å². The van der Waals surface area contributed by atoms with E-state index in [1.54, 1.807) is 13.8 Å². The van der Waals surface area contributed by atoms with Crippen LogP contribution in [-0.4, -0.2) is 491 Å². The molecule has 0 aromatic rings. The summed E-state index contributed by atoms with van der Waals surface area (Å²) in [4.78, 5) is 12.8. The van der Waals surface area contributed by atoms with Crippen LogP contribution in [-0.2, 0) is 94.8 Å². The molecule has 0 amide bonds. The predicted molar refractivity (Wildman–Crippen MR) is 364 cm³/mol. The van der Waals surface area contributed by atoms with Crippen molar-refractivity contribution in [1.82, 2.24) is 0 Å². The minimum absolute atomic E-state index is 0.477. The lowest BCUT2D eigenvalue weighted by Crippen LogP contribution is -2.68. The highest BCUT2D eigenvalue weighted by molar-refractivity contribution is 5.76. The van der Waals surface area contributed by atoms with Crippen LogP contribution in [0.4, 0.5) is 0 Å². The minimum atomic E-state index is -2.94. The maximum Gasteiger partial charge on any atom is 0.364 e. The van der Waals surface area contributed by atoms with Gasteiger partial charge in [-0.2, -0.15) is 0 Å². The molecule has 0 spiro atoms. The fraction of sp³-hybridized carbons (Fsp3) is 0.985. The molecule has 19 unspecified atom stereocenters. The number of ether oxygens (including phenoxy) is 19. The van der Waals surface area contributed by atoms with Crippen LogP contribution < -0.4 is 5.73 Å². The van der Waals surface area contributed by atoms with Crippen LogP contribution in [0.3, 0.4) is 0 Å². The molecule has 10 saturated heterocycles. The number of nitrogens with two attached hydrogens (primary N) is 1. The summed E-state index contributed by atoms with van der Waals surface area (Å²) in [7, 11) is 0. The molecule has 29 N–H and O–H groups in total. The smallest absolute Gasteiger partial charge is 0.364 e. The number of aliphatic hydroxyl groups is 26. The van der Waals surface area contributed by atoms with Gasteiger partial charge in [0.1, 0.15) is 183 Å². The summed E-state index contributed by atoms with van der Waals surface area (Å²) in [5.74, 6) is -9.41. The van der Waals surface area contributed by atoms with E-state index in [0.29, 0.717) is 0 Å². The molecule has 0 aliphatic carbocycles. The Kier molecular flexibility index (Phi) is 33.7. The van der Waals surface area contributed by atoms with E-state index in [9.17, 15) is 143 Å². The van der Waals surface area contributed by atoms with Crippen molar-refractivity contribution >= 4 is 5.97 Å². The summed E-state index contributed by atoms with van der Waals surface area (Å²) in [6.45, 7) is -0.0335. The van der Waals surface area contributed by atoms with Crippen molar-refractivity contribution < 1.29 is 233 Å². The van der Waals surface area contributed by atoms with Gasteiger partial charge >= 0.3 is 5.97 Å². The standard InChI is InChI=1S/C68H117NO47/c1-17-21(5)101-32(15-98-62-49(93)45(89)38(82)22(6)102-62)54(35(17)79)110-60-19(3)36(80)53(29(13-75)106-60)112-64-51(95)56(44(88)30(108-64)14-99-65-57(47(91)41(85)26(10-72)104-65)114-59-18(2)34(78)40(84)25(9-71)103-59)113-66-58(48(92)42(86)27(11-73)105-66)115-61-20(4)37(81)52(28(12-74)107-61)111-63-50(94)46(90)43(87)31(109-63)16-100-68(67(96)97)7-23(76)33(69)55(116-68)39(83)24(77)8-70/h17-66,70-95H,7-16,69H2,1-6H3,(H,96,97)/t17-,18?,19+,20+,21+,22+,23-,24-,25+,26?,27-,28?,29?,30?,31?,32?,33-,34?,35?,36?,37?,38-,39-,40-,41-,42-,43+,44-,45?,46?,47?,48?,49?,50+,51-,52-,53-,54-,55?,56?,57-,58?,59+,60+,61+,62-,63+,64+,65+,66-,68-/m1/s1. The van der Waals surface area contributed by atoms with Gasteiger partial charge in [0.2, 0.25) is 0 Å². The fourth-order valence-electron chi connectivity index (χ4n) is 15.7. The van der Waals surface area contributed by atoms with E-state index in [0.717, 1.165) is 0 Å². The molecule has 48 heteroatoms. The third-order valence-electron chi connectivity index (χ3n) is 23.6. The number of carbonyl (C=O) groups is 1. The first-order chi connectivity index (χ1) is 54.7. The molecule has 0 aromatic carbocycles. The maximum absolute atomic E-state index is 12.8. The topological polar surface area (TPSA) is 765 Å². The van der Waals surface area contributed by atoms with E-state index >= 15 is 0 Å². The molecule has 0 aromatic heterocycles. The first kappa shape index (κ1) is 95.9. The molecule has 10 rings (SSSR count). The van der Waals surface area contributed by atoms with Crippen LogP contribution in [0.5, 0.6) is 0 Å².